The van der Waals surface area contributed by atoms with Gasteiger partial charge in [0.25, 0.3) is 0 Å². The van der Waals surface area contributed by atoms with Gasteiger partial charge < -0.3 is 36.5 Å². The van der Waals surface area contributed by atoms with Crippen LogP contribution in [0.5, 0.6) is 0 Å². The molecule has 0 aromatic carbocycles. The number of carbonyl (C=O) groups excluding carboxylic acids is 3. The fraction of sp³-hybridized carbons (Fsp3) is 0.600. The average molecular weight is 499 g/mol. The minimum atomic E-state index is -1.42. The molecule has 34 heavy (non-hydrogen) atoms. The fourth-order valence-corrected chi connectivity index (χ4v) is 3.90. The van der Waals surface area contributed by atoms with Gasteiger partial charge in [-0.1, -0.05) is 0 Å². The van der Waals surface area contributed by atoms with E-state index in [9.17, 15) is 34.2 Å². The first-order valence-corrected chi connectivity index (χ1v) is 12.2. The summed E-state index contributed by atoms with van der Waals surface area (Å²) in [5.41, 5.74) is 0.491. The number of aromatic amines is 1. The summed E-state index contributed by atoms with van der Waals surface area (Å²) in [6.45, 7) is 0.640. The fourth-order valence-electron chi connectivity index (χ4n) is 3.43. The Kier molecular flexibility index (Phi) is 10.8. The van der Waals surface area contributed by atoms with Crippen LogP contribution in [0.1, 0.15) is 31.4 Å². The highest BCUT2D eigenvalue weighted by Crippen LogP contribution is 2.08. The summed E-state index contributed by atoms with van der Waals surface area (Å²) in [5, 5.41) is 28.9. The largest absolute Gasteiger partial charge is 0.481 e. The SMILES string of the molecule is CSCCC(NC(=O)C(Cc1cnc[nH]1)NC(=O)C(CC(=O)O)NC(=O)C1CCCN1)C(=O)O. The minimum absolute atomic E-state index is 0.0512. The monoisotopic (exact) mass is 498 g/mol. The number of aromatic nitrogens is 2. The van der Waals surface area contributed by atoms with Gasteiger partial charge >= 0.3 is 11.9 Å². The van der Waals surface area contributed by atoms with Gasteiger partial charge in [-0.2, -0.15) is 11.8 Å². The number of H-pyrrole nitrogens is 1. The van der Waals surface area contributed by atoms with Crippen LogP contribution in [0.25, 0.3) is 0 Å². The number of carboxylic acids is 2. The first-order valence-electron chi connectivity index (χ1n) is 10.8. The van der Waals surface area contributed by atoms with Gasteiger partial charge in [0.2, 0.25) is 17.7 Å². The summed E-state index contributed by atoms with van der Waals surface area (Å²) in [5.74, 6) is -4.15. The second kappa shape index (κ2) is 13.5. The standard InChI is InChI=1S/C20H30N6O7S/c1-34-6-4-13(20(32)33)24-18(30)14(7-11-9-21-10-23-11)25-19(31)15(8-16(27)28)26-17(29)12-3-2-5-22-12/h9-10,12-15,22H,2-8H2,1H3,(H,21,23)(H,24,30)(H,25,31)(H,26,29)(H,27,28)(H,32,33). The van der Waals surface area contributed by atoms with Crippen molar-refractivity contribution in [2.75, 3.05) is 18.6 Å². The number of carboxylic acid groups (broad SMARTS) is 2. The molecule has 1 saturated heterocycles. The van der Waals surface area contributed by atoms with Crippen LogP contribution >= 0.6 is 11.8 Å². The highest BCUT2D eigenvalue weighted by atomic mass is 32.2. The van der Waals surface area contributed by atoms with Crippen LogP contribution in [0.4, 0.5) is 0 Å². The van der Waals surface area contributed by atoms with Gasteiger partial charge in [0.05, 0.1) is 18.8 Å². The van der Waals surface area contributed by atoms with Crippen LogP contribution < -0.4 is 21.3 Å². The predicted molar refractivity (Wildman–Crippen MR) is 122 cm³/mol. The smallest absolute Gasteiger partial charge is 0.326 e. The summed E-state index contributed by atoms with van der Waals surface area (Å²) >= 11 is 1.42. The zero-order valence-electron chi connectivity index (χ0n) is 18.7. The van der Waals surface area contributed by atoms with Gasteiger partial charge in [-0.05, 0) is 37.8 Å². The number of nitrogens with zero attached hydrogens (tertiary/aromatic N) is 1. The third-order valence-corrected chi connectivity index (χ3v) is 5.87. The van der Waals surface area contributed by atoms with Gasteiger partial charge in [-0.3, -0.25) is 19.2 Å². The average Bonchev–Trinajstić information content (AvgIpc) is 3.49. The molecule has 3 amide bonds. The van der Waals surface area contributed by atoms with Crippen LogP contribution in [0.2, 0.25) is 0 Å². The molecule has 13 nitrogen and oxygen atoms in total. The van der Waals surface area contributed by atoms with Crippen LogP contribution in [0, 0.1) is 0 Å². The number of amides is 3. The van der Waals surface area contributed by atoms with Crippen molar-refractivity contribution in [3.8, 4) is 0 Å². The summed E-state index contributed by atoms with van der Waals surface area (Å²) in [6, 6.07) is -4.34. The normalized spacial score (nSPS) is 17.9. The van der Waals surface area contributed by atoms with Crippen LogP contribution in [0.15, 0.2) is 12.5 Å². The quantitative estimate of drug-likeness (QED) is 0.158. The third-order valence-electron chi connectivity index (χ3n) is 5.23. The van der Waals surface area contributed by atoms with E-state index in [2.05, 4.69) is 31.2 Å². The molecule has 0 saturated carbocycles. The third kappa shape index (κ3) is 8.67. The molecule has 4 unspecified atom stereocenters. The maximum atomic E-state index is 12.9. The highest BCUT2D eigenvalue weighted by Gasteiger charge is 2.32. The lowest BCUT2D eigenvalue weighted by Gasteiger charge is -2.24. The molecule has 1 aromatic rings. The molecular weight excluding hydrogens is 468 g/mol. The van der Waals surface area contributed by atoms with E-state index < -0.39 is 60.2 Å². The predicted octanol–water partition coefficient (Wildman–Crippen LogP) is -1.53. The van der Waals surface area contributed by atoms with Gasteiger partial charge in [-0.15, -0.1) is 0 Å². The maximum Gasteiger partial charge on any atom is 0.326 e. The maximum absolute atomic E-state index is 12.9. The van der Waals surface area contributed by atoms with Gasteiger partial charge in [0.1, 0.15) is 18.1 Å². The van der Waals surface area contributed by atoms with Crippen molar-refractivity contribution < 1.29 is 34.2 Å². The second-order valence-electron chi connectivity index (χ2n) is 7.83. The van der Waals surface area contributed by atoms with Crippen LogP contribution in [-0.4, -0.2) is 92.6 Å². The Morgan fingerprint density at radius 3 is 2.38 bits per heavy atom. The Morgan fingerprint density at radius 1 is 1.12 bits per heavy atom. The second-order valence-corrected chi connectivity index (χ2v) is 8.82. The van der Waals surface area contributed by atoms with Crippen molar-refractivity contribution in [3.63, 3.8) is 0 Å². The summed E-state index contributed by atoms with van der Waals surface area (Å²) < 4.78 is 0. The molecule has 2 rings (SSSR count). The van der Waals surface area contributed by atoms with E-state index in [1.54, 1.807) is 6.26 Å². The lowest BCUT2D eigenvalue weighted by Crippen LogP contribution is -2.58. The van der Waals surface area contributed by atoms with Crippen LogP contribution in [0.3, 0.4) is 0 Å². The Bertz CT molecular complexity index is 860. The van der Waals surface area contributed by atoms with Crippen molar-refractivity contribution in [2.45, 2.75) is 56.3 Å². The molecule has 0 radical (unpaired) electrons. The number of nitrogens with one attached hydrogen (secondary N) is 5. The molecule has 0 aliphatic carbocycles. The van der Waals surface area contributed by atoms with E-state index in [0.29, 0.717) is 24.4 Å². The molecule has 1 fully saturated rings. The number of thioether (sulfide) groups is 1. The zero-order valence-corrected chi connectivity index (χ0v) is 19.5. The zero-order chi connectivity index (χ0) is 25.1. The lowest BCUT2D eigenvalue weighted by atomic mass is 10.1. The highest BCUT2D eigenvalue weighted by molar-refractivity contribution is 7.98. The van der Waals surface area contributed by atoms with E-state index in [4.69, 9.17) is 0 Å². The molecule has 188 valence electrons. The topological polar surface area (TPSA) is 203 Å². The van der Waals surface area contributed by atoms with Gasteiger partial charge in [0, 0.05) is 18.3 Å². The Hall–Kier alpha value is -3.13. The number of imidazole rings is 1. The number of rotatable bonds is 14. The van der Waals surface area contributed by atoms with E-state index in [0.717, 1.165) is 6.42 Å². The van der Waals surface area contributed by atoms with Crippen molar-refractivity contribution in [1.29, 1.82) is 0 Å². The number of hydrogen-bond acceptors (Lipinski definition) is 8. The van der Waals surface area contributed by atoms with E-state index >= 15 is 0 Å². The van der Waals surface area contributed by atoms with Gasteiger partial charge in [0.15, 0.2) is 0 Å². The lowest BCUT2D eigenvalue weighted by molar-refractivity contribution is -0.143. The Balaban J connectivity index is 2.14. The molecule has 4 atom stereocenters. The molecule has 1 aliphatic rings. The molecular formula is C20H30N6O7S. The van der Waals surface area contributed by atoms with E-state index in [-0.39, 0.29) is 12.8 Å². The summed E-state index contributed by atoms with van der Waals surface area (Å²) in [4.78, 5) is 67.8. The van der Waals surface area contributed by atoms with Gasteiger partial charge in [-0.25, -0.2) is 9.78 Å². The van der Waals surface area contributed by atoms with Crippen molar-refractivity contribution in [1.82, 2.24) is 31.2 Å². The number of aliphatic carboxylic acids is 2. The minimum Gasteiger partial charge on any atom is -0.481 e. The van der Waals surface area contributed by atoms with E-state index in [1.165, 1.54) is 24.3 Å². The summed E-state index contributed by atoms with van der Waals surface area (Å²) in [6.07, 6.45) is 5.41. The Labute approximate surface area is 200 Å². The first-order chi connectivity index (χ1) is 16.2. The molecule has 7 N–H and O–H groups in total. The molecule has 0 bridgehead atoms. The molecule has 1 aromatic heterocycles. The summed E-state index contributed by atoms with van der Waals surface area (Å²) in [7, 11) is 0. The van der Waals surface area contributed by atoms with Crippen molar-refractivity contribution in [3.05, 3.63) is 18.2 Å². The molecule has 1 aliphatic heterocycles. The number of carbonyl (C=O) groups is 5. The molecule has 14 heteroatoms. The van der Waals surface area contributed by atoms with Crippen LogP contribution in [-0.2, 0) is 30.4 Å². The Morgan fingerprint density at radius 2 is 1.82 bits per heavy atom. The number of hydrogen-bond donors (Lipinski definition) is 7. The van der Waals surface area contributed by atoms with Crippen molar-refractivity contribution >= 4 is 41.4 Å². The first kappa shape index (κ1) is 27.1. The molecule has 2 heterocycles. The van der Waals surface area contributed by atoms with E-state index in [1.807, 2.05) is 0 Å². The van der Waals surface area contributed by atoms with Crippen molar-refractivity contribution in [2.24, 2.45) is 0 Å². The molecule has 0 spiro atoms.